The Hall–Kier alpha value is -1.94. The first kappa shape index (κ1) is 15.9. The van der Waals surface area contributed by atoms with E-state index in [4.69, 9.17) is 4.74 Å². The summed E-state index contributed by atoms with van der Waals surface area (Å²) in [5, 5.41) is 0. The molecule has 2 aliphatic rings. The molecule has 3 atom stereocenters. The lowest BCUT2D eigenvalue weighted by Gasteiger charge is -2.18. The van der Waals surface area contributed by atoms with Crippen LogP contribution >= 0.6 is 0 Å². The van der Waals surface area contributed by atoms with E-state index in [1.165, 1.54) is 4.90 Å². The number of rotatable bonds is 6. The molecule has 0 unspecified atom stereocenters. The fourth-order valence-electron chi connectivity index (χ4n) is 3.30. The van der Waals surface area contributed by atoms with Gasteiger partial charge in [0.1, 0.15) is 0 Å². The zero-order valence-electron chi connectivity index (χ0n) is 13.5. The maximum Gasteiger partial charge on any atom is 0.233 e. The number of carbonyl (C=O) groups is 2. The summed E-state index contributed by atoms with van der Waals surface area (Å²) in [4.78, 5) is 26.2. The highest BCUT2D eigenvalue weighted by molar-refractivity contribution is 6.05. The number of hydrogen-bond acceptors (Lipinski definition) is 3. The summed E-state index contributed by atoms with van der Waals surface area (Å²) in [5.74, 6) is -0.264. The first-order valence-electron chi connectivity index (χ1n) is 8.32. The third-order valence-electron chi connectivity index (χ3n) is 4.74. The molecule has 0 saturated carbocycles. The normalized spacial score (nSPS) is 24.8. The van der Waals surface area contributed by atoms with Gasteiger partial charge in [0.05, 0.1) is 24.5 Å². The molecule has 0 N–H and O–H groups in total. The van der Waals surface area contributed by atoms with Crippen molar-refractivity contribution < 1.29 is 14.3 Å². The fraction of sp³-hybridized carbons (Fsp3) is 0.474. The van der Waals surface area contributed by atoms with Crippen LogP contribution in [-0.2, 0) is 20.9 Å². The second-order valence-corrected chi connectivity index (χ2v) is 6.38. The van der Waals surface area contributed by atoms with E-state index in [0.29, 0.717) is 32.4 Å². The van der Waals surface area contributed by atoms with Gasteiger partial charge in [-0.25, -0.2) is 0 Å². The van der Waals surface area contributed by atoms with Crippen molar-refractivity contribution in [3.05, 3.63) is 48.0 Å². The highest BCUT2D eigenvalue weighted by atomic mass is 16.5. The van der Waals surface area contributed by atoms with Crippen molar-refractivity contribution in [1.82, 2.24) is 4.90 Å². The highest BCUT2D eigenvalue weighted by Gasteiger charge is 2.46. The molecule has 0 aromatic heterocycles. The number of ether oxygens (including phenoxy) is 1. The molecule has 0 spiro atoms. The zero-order chi connectivity index (χ0) is 16.2. The van der Waals surface area contributed by atoms with Crippen molar-refractivity contribution in [1.29, 1.82) is 0 Å². The number of nitrogens with zero attached hydrogens (tertiary/aromatic N) is 1. The maximum absolute atomic E-state index is 12.4. The van der Waals surface area contributed by atoms with Crippen LogP contribution < -0.4 is 0 Å². The van der Waals surface area contributed by atoms with Gasteiger partial charge in [-0.1, -0.05) is 42.5 Å². The molecule has 1 aromatic rings. The van der Waals surface area contributed by atoms with Crippen LogP contribution in [0, 0.1) is 11.8 Å². The Labute approximate surface area is 137 Å². The Morgan fingerprint density at radius 2 is 1.70 bits per heavy atom. The Morgan fingerprint density at radius 1 is 1.09 bits per heavy atom. The van der Waals surface area contributed by atoms with E-state index in [0.717, 1.165) is 5.56 Å². The Kier molecular flexibility index (Phi) is 4.91. The van der Waals surface area contributed by atoms with Crippen molar-refractivity contribution in [2.75, 3.05) is 6.54 Å². The molecule has 1 heterocycles. The van der Waals surface area contributed by atoms with Crippen LogP contribution in [0.1, 0.15) is 31.7 Å². The molecule has 1 aliphatic carbocycles. The molecule has 122 valence electrons. The molecular weight excluding hydrogens is 290 g/mol. The molecule has 1 fully saturated rings. The minimum absolute atomic E-state index is 0.000362. The number of fused-ring (bicyclic) bond motifs is 1. The summed E-state index contributed by atoms with van der Waals surface area (Å²) in [6.07, 6.45) is 6.12. The maximum atomic E-state index is 12.4. The number of benzene rings is 1. The van der Waals surface area contributed by atoms with E-state index in [1.807, 2.05) is 49.4 Å². The summed E-state index contributed by atoms with van der Waals surface area (Å²) in [6, 6.07) is 10.0. The van der Waals surface area contributed by atoms with Crippen LogP contribution in [0.5, 0.6) is 0 Å². The minimum atomic E-state index is -0.131. The number of imide groups is 1. The van der Waals surface area contributed by atoms with E-state index in [1.54, 1.807) is 0 Å². The average Bonchev–Trinajstić information content (AvgIpc) is 2.83. The lowest BCUT2D eigenvalue weighted by Crippen LogP contribution is -2.33. The molecule has 0 radical (unpaired) electrons. The lowest BCUT2D eigenvalue weighted by atomic mass is 9.85. The predicted molar refractivity (Wildman–Crippen MR) is 87.4 cm³/mol. The van der Waals surface area contributed by atoms with Crippen LogP contribution in [-0.4, -0.2) is 29.4 Å². The molecule has 23 heavy (non-hydrogen) atoms. The van der Waals surface area contributed by atoms with E-state index in [9.17, 15) is 9.59 Å². The van der Waals surface area contributed by atoms with Crippen molar-refractivity contribution >= 4 is 11.8 Å². The Morgan fingerprint density at radius 3 is 2.30 bits per heavy atom. The smallest absolute Gasteiger partial charge is 0.233 e. The molecule has 4 heteroatoms. The van der Waals surface area contributed by atoms with Gasteiger partial charge in [0.15, 0.2) is 0 Å². The van der Waals surface area contributed by atoms with Gasteiger partial charge in [0, 0.05) is 6.54 Å². The zero-order valence-corrected chi connectivity index (χ0v) is 13.5. The third-order valence-corrected chi connectivity index (χ3v) is 4.74. The minimum Gasteiger partial charge on any atom is -0.374 e. The van der Waals surface area contributed by atoms with E-state index in [-0.39, 0.29) is 29.8 Å². The van der Waals surface area contributed by atoms with Gasteiger partial charge in [-0.05, 0) is 31.7 Å². The van der Waals surface area contributed by atoms with Crippen molar-refractivity contribution in [2.45, 2.75) is 38.9 Å². The van der Waals surface area contributed by atoms with Gasteiger partial charge in [-0.3, -0.25) is 14.5 Å². The molecule has 1 saturated heterocycles. The lowest BCUT2D eigenvalue weighted by molar-refractivity contribution is -0.140. The molecule has 0 bridgehead atoms. The van der Waals surface area contributed by atoms with Crippen LogP contribution in [0.4, 0.5) is 0 Å². The molecule has 3 rings (SSSR count). The van der Waals surface area contributed by atoms with Gasteiger partial charge in [0.25, 0.3) is 0 Å². The summed E-state index contributed by atoms with van der Waals surface area (Å²) >= 11 is 0. The summed E-state index contributed by atoms with van der Waals surface area (Å²) in [7, 11) is 0. The van der Waals surface area contributed by atoms with Gasteiger partial charge in [-0.2, -0.15) is 0 Å². The van der Waals surface area contributed by atoms with Gasteiger partial charge < -0.3 is 4.74 Å². The highest BCUT2D eigenvalue weighted by Crippen LogP contribution is 2.35. The van der Waals surface area contributed by atoms with Gasteiger partial charge in [0.2, 0.25) is 11.8 Å². The Bertz CT molecular complexity index is 570. The van der Waals surface area contributed by atoms with Crippen LogP contribution in [0.3, 0.4) is 0 Å². The van der Waals surface area contributed by atoms with Gasteiger partial charge in [-0.15, -0.1) is 0 Å². The largest absolute Gasteiger partial charge is 0.374 e. The Balaban J connectivity index is 1.48. The number of allylic oxidation sites excluding steroid dienone is 2. The SMILES string of the molecule is C[C@H](CCN1C(=O)[C@@H]2CC=CC[C@H]2C1=O)OCc1ccccc1. The molecule has 1 aromatic carbocycles. The molecule has 2 amide bonds. The van der Waals surface area contributed by atoms with Crippen molar-refractivity contribution in [3.8, 4) is 0 Å². The standard InChI is InChI=1S/C19H23NO3/c1-14(23-13-15-7-3-2-4-8-15)11-12-20-18(21)16-9-5-6-10-17(16)19(20)22/h2-8,14,16-17H,9-13H2,1H3/t14-,16-,17-/m1/s1. The molecule has 4 nitrogen and oxygen atoms in total. The fourth-order valence-corrected chi connectivity index (χ4v) is 3.30. The van der Waals surface area contributed by atoms with E-state index >= 15 is 0 Å². The van der Waals surface area contributed by atoms with E-state index in [2.05, 4.69) is 0 Å². The summed E-state index contributed by atoms with van der Waals surface area (Å²) in [5.41, 5.74) is 1.13. The van der Waals surface area contributed by atoms with Crippen LogP contribution in [0.2, 0.25) is 0 Å². The second-order valence-electron chi connectivity index (χ2n) is 6.38. The number of carbonyl (C=O) groups excluding carboxylic acids is 2. The second kappa shape index (κ2) is 7.09. The van der Waals surface area contributed by atoms with Crippen molar-refractivity contribution in [2.24, 2.45) is 11.8 Å². The van der Waals surface area contributed by atoms with Crippen LogP contribution in [0.15, 0.2) is 42.5 Å². The average molecular weight is 313 g/mol. The summed E-state index contributed by atoms with van der Waals surface area (Å²) < 4.78 is 5.82. The first-order chi connectivity index (χ1) is 11.2. The quantitative estimate of drug-likeness (QED) is 0.599. The predicted octanol–water partition coefficient (Wildman–Crippen LogP) is 2.93. The van der Waals surface area contributed by atoms with Crippen molar-refractivity contribution in [3.63, 3.8) is 0 Å². The first-order valence-corrected chi connectivity index (χ1v) is 8.32. The summed E-state index contributed by atoms with van der Waals surface area (Å²) in [6.45, 7) is 3.00. The number of amides is 2. The monoisotopic (exact) mass is 313 g/mol. The van der Waals surface area contributed by atoms with E-state index < -0.39 is 0 Å². The number of likely N-dealkylation sites (tertiary alicyclic amines) is 1. The molecule has 1 aliphatic heterocycles. The molecular formula is C19H23NO3. The van der Waals surface area contributed by atoms with Crippen LogP contribution in [0.25, 0.3) is 0 Å². The topological polar surface area (TPSA) is 46.6 Å². The third kappa shape index (κ3) is 3.53. The number of hydrogen-bond donors (Lipinski definition) is 0. The van der Waals surface area contributed by atoms with Gasteiger partial charge >= 0.3 is 0 Å².